The van der Waals surface area contributed by atoms with Gasteiger partial charge in [0.15, 0.2) is 0 Å². The van der Waals surface area contributed by atoms with Gasteiger partial charge in [-0.2, -0.15) is 0 Å². The molecule has 0 unspecified atom stereocenters. The molecule has 1 aromatic carbocycles. The lowest BCUT2D eigenvalue weighted by molar-refractivity contribution is 0.865. The highest BCUT2D eigenvalue weighted by atomic mass is 15.0. The summed E-state index contributed by atoms with van der Waals surface area (Å²) in [7, 11) is 0. The van der Waals surface area contributed by atoms with Gasteiger partial charge in [0.1, 0.15) is 5.65 Å². The van der Waals surface area contributed by atoms with E-state index in [0.717, 1.165) is 23.3 Å². The van der Waals surface area contributed by atoms with Crippen molar-refractivity contribution in [3.63, 3.8) is 0 Å². The molecule has 0 amide bonds. The van der Waals surface area contributed by atoms with Crippen LogP contribution in [-0.4, -0.2) is 9.38 Å². The van der Waals surface area contributed by atoms with Crippen LogP contribution in [0.25, 0.3) is 5.65 Å². The minimum Gasteiger partial charge on any atom is -0.326 e. The zero-order valence-electron chi connectivity index (χ0n) is 12.6. The van der Waals surface area contributed by atoms with E-state index in [0.29, 0.717) is 12.5 Å². The van der Waals surface area contributed by atoms with Crippen LogP contribution >= 0.6 is 0 Å². The molecule has 3 aromatic rings. The predicted octanol–water partition coefficient (Wildman–Crippen LogP) is 3.51. The Kier molecular flexibility index (Phi) is 3.76. The van der Waals surface area contributed by atoms with Crippen molar-refractivity contribution in [1.82, 2.24) is 9.38 Å². The molecule has 0 fully saturated rings. The summed E-state index contributed by atoms with van der Waals surface area (Å²) in [5.74, 6) is 0.571. The van der Waals surface area contributed by atoms with E-state index >= 15 is 0 Å². The zero-order chi connectivity index (χ0) is 14.8. The molecular weight excluding hydrogens is 258 g/mol. The molecule has 0 aliphatic rings. The van der Waals surface area contributed by atoms with Crippen molar-refractivity contribution in [1.29, 1.82) is 0 Å². The first-order valence-corrected chi connectivity index (χ1v) is 7.41. The van der Waals surface area contributed by atoms with Crippen LogP contribution in [0.3, 0.4) is 0 Å². The summed E-state index contributed by atoms with van der Waals surface area (Å²) in [6.45, 7) is 4.95. The second kappa shape index (κ2) is 5.70. The van der Waals surface area contributed by atoms with E-state index in [1.807, 2.05) is 18.3 Å². The summed E-state index contributed by atoms with van der Waals surface area (Å²) < 4.78 is 2.06. The first-order valence-electron chi connectivity index (χ1n) is 7.41. The second-order valence-corrected chi connectivity index (χ2v) is 5.77. The maximum Gasteiger partial charge on any atom is 0.141 e. The van der Waals surface area contributed by atoms with E-state index in [2.05, 4.69) is 48.7 Å². The fourth-order valence-electron chi connectivity index (χ4n) is 2.60. The highest BCUT2D eigenvalue weighted by molar-refractivity contribution is 5.49. The van der Waals surface area contributed by atoms with Crippen molar-refractivity contribution in [3.8, 4) is 0 Å². The molecule has 0 radical (unpaired) electrons. The van der Waals surface area contributed by atoms with Crippen LogP contribution in [0.2, 0.25) is 0 Å². The van der Waals surface area contributed by atoms with Crippen LogP contribution in [0.4, 0.5) is 0 Å². The fraction of sp³-hybridized carbons (Fsp3) is 0.278. The molecule has 2 heterocycles. The summed E-state index contributed by atoms with van der Waals surface area (Å²) >= 11 is 0. The normalized spacial score (nSPS) is 11.4. The van der Waals surface area contributed by atoms with Crippen LogP contribution in [0.5, 0.6) is 0 Å². The van der Waals surface area contributed by atoms with Crippen LogP contribution in [-0.2, 0) is 13.0 Å². The third kappa shape index (κ3) is 2.83. The average Bonchev–Trinajstić information content (AvgIpc) is 2.90. The molecule has 3 nitrogen and oxygen atoms in total. The number of nitrogens with zero attached hydrogens (tertiary/aromatic N) is 2. The van der Waals surface area contributed by atoms with E-state index in [1.165, 1.54) is 11.1 Å². The van der Waals surface area contributed by atoms with E-state index in [9.17, 15) is 0 Å². The smallest absolute Gasteiger partial charge is 0.141 e. The molecule has 2 aromatic heterocycles. The lowest BCUT2D eigenvalue weighted by Crippen LogP contribution is -1.99. The average molecular weight is 279 g/mol. The molecule has 0 aliphatic carbocycles. The van der Waals surface area contributed by atoms with E-state index < -0.39 is 0 Å². The van der Waals surface area contributed by atoms with E-state index in [1.54, 1.807) is 0 Å². The predicted molar refractivity (Wildman–Crippen MR) is 86.4 cm³/mol. The number of rotatable bonds is 4. The summed E-state index contributed by atoms with van der Waals surface area (Å²) in [5, 5.41) is 0. The lowest BCUT2D eigenvalue weighted by Gasteiger charge is -2.05. The number of aromatic nitrogens is 2. The molecule has 2 N–H and O–H groups in total. The summed E-state index contributed by atoms with van der Waals surface area (Å²) in [6.07, 6.45) is 4.96. The molecule has 3 rings (SSSR count). The van der Waals surface area contributed by atoms with Gasteiger partial charge in [-0.3, -0.25) is 0 Å². The van der Waals surface area contributed by atoms with E-state index in [4.69, 9.17) is 10.7 Å². The number of imidazole rings is 1. The van der Waals surface area contributed by atoms with Crippen molar-refractivity contribution in [2.45, 2.75) is 32.7 Å². The van der Waals surface area contributed by atoms with Crippen LogP contribution in [0, 0.1) is 0 Å². The highest BCUT2D eigenvalue weighted by Crippen LogP contribution is 2.17. The number of nitrogens with two attached hydrogens (primary N) is 1. The maximum absolute atomic E-state index is 5.77. The minimum absolute atomic E-state index is 0.518. The summed E-state index contributed by atoms with van der Waals surface area (Å²) in [6, 6.07) is 12.9. The molecule has 0 aliphatic heterocycles. The molecule has 21 heavy (non-hydrogen) atoms. The van der Waals surface area contributed by atoms with Crippen molar-refractivity contribution < 1.29 is 0 Å². The molecule has 0 bridgehead atoms. The van der Waals surface area contributed by atoms with Crippen molar-refractivity contribution in [2.75, 3.05) is 0 Å². The fourth-order valence-corrected chi connectivity index (χ4v) is 2.60. The minimum atomic E-state index is 0.518. The Hall–Kier alpha value is -2.13. The van der Waals surface area contributed by atoms with Gasteiger partial charge >= 0.3 is 0 Å². The SMILES string of the molecule is CC(C)c1ccc(Cc2cn3cccc(CN)c3n2)cc1. The molecule has 108 valence electrons. The van der Waals surface area contributed by atoms with Crippen LogP contribution < -0.4 is 5.73 Å². The van der Waals surface area contributed by atoms with Gasteiger partial charge in [0, 0.05) is 30.9 Å². The third-order valence-corrected chi connectivity index (χ3v) is 3.87. The van der Waals surface area contributed by atoms with Gasteiger partial charge in [-0.1, -0.05) is 44.2 Å². The first kappa shape index (κ1) is 13.8. The van der Waals surface area contributed by atoms with Crippen molar-refractivity contribution in [2.24, 2.45) is 5.73 Å². The Morgan fingerprint density at radius 1 is 1.14 bits per heavy atom. The largest absolute Gasteiger partial charge is 0.326 e. The van der Waals surface area contributed by atoms with Gasteiger partial charge in [-0.05, 0) is 23.1 Å². The Morgan fingerprint density at radius 3 is 2.57 bits per heavy atom. The number of hydrogen-bond acceptors (Lipinski definition) is 2. The van der Waals surface area contributed by atoms with Gasteiger partial charge < -0.3 is 10.1 Å². The van der Waals surface area contributed by atoms with Crippen molar-refractivity contribution >= 4 is 5.65 Å². The molecule has 3 heteroatoms. The second-order valence-electron chi connectivity index (χ2n) is 5.77. The Labute approximate surface area is 125 Å². The van der Waals surface area contributed by atoms with Gasteiger partial charge in [0.25, 0.3) is 0 Å². The van der Waals surface area contributed by atoms with Gasteiger partial charge in [0.2, 0.25) is 0 Å². The Balaban J connectivity index is 1.87. The topological polar surface area (TPSA) is 43.3 Å². The van der Waals surface area contributed by atoms with E-state index in [-0.39, 0.29) is 0 Å². The summed E-state index contributed by atoms with van der Waals surface area (Å²) in [5.41, 5.74) is 11.6. The number of pyridine rings is 1. The standard InChI is InChI=1S/C18H21N3/c1-13(2)15-7-5-14(6-8-15)10-17-12-21-9-3-4-16(11-19)18(21)20-17/h3-9,12-13H,10-11,19H2,1-2H3. The third-order valence-electron chi connectivity index (χ3n) is 3.87. The molecule has 0 saturated heterocycles. The van der Waals surface area contributed by atoms with Gasteiger partial charge in [0.05, 0.1) is 5.69 Å². The Bertz CT molecular complexity index is 739. The van der Waals surface area contributed by atoms with Gasteiger partial charge in [-0.15, -0.1) is 0 Å². The highest BCUT2D eigenvalue weighted by Gasteiger charge is 2.06. The Morgan fingerprint density at radius 2 is 1.90 bits per heavy atom. The molecule has 0 saturated carbocycles. The first-order chi connectivity index (χ1) is 10.2. The van der Waals surface area contributed by atoms with Crippen LogP contribution in [0.1, 0.15) is 42.1 Å². The molecule has 0 atom stereocenters. The quantitative estimate of drug-likeness (QED) is 0.794. The zero-order valence-corrected chi connectivity index (χ0v) is 12.6. The number of benzene rings is 1. The maximum atomic E-state index is 5.77. The van der Waals surface area contributed by atoms with Crippen molar-refractivity contribution in [3.05, 3.63) is 71.2 Å². The summed E-state index contributed by atoms with van der Waals surface area (Å²) in [4.78, 5) is 4.72. The van der Waals surface area contributed by atoms with Crippen LogP contribution in [0.15, 0.2) is 48.8 Å². The molecular formula is C18H21N3. The lowest BCUT2D eigenvalue weighted by atomic mass is 10.0. The number of hydrogen-bond donors (Lipinski definition) is 1. The molecule has 0 spiro atoms. The monoisotopic (exact) mass is 279 g/mol. The van der Waals surface area contributed by atoms with Gasteiger partial charge in [-0.25, -0.2) is 4.98 Å². The number of fused-ring (bicyclic) bond motifs is 1.